The number of benzene rings is 1. The van der Waals surface area contributed by atoms with Crippen molar-refractivity contribution in [2.24, 2.45) is 11.8 Å². The summed E-state index contributed by atoms with van der Waals surface area (Å²) in [5, 5.41) is 3.75. The van der Waals surface area contributed by atoms with Crippen LogP contribution in [0, 0.1) is 11.8 Å². The Morgan fingerprint density at radius 3 is 2.70 bits per heavy atom. The Hall–Kier alpha value is -1.22. The standard InChI is InChI=1S/C16H22ClNO2/c1-11-4-3-5-15(12(11)2)18-16(19)10-20-14-8-6-13(17)7-9-14/h6-9,11-12,15H,3-5,10H2,1-2H3,(H,18,19)/t11-,12-,15-/m1/s1. The fourth-order valence-corrected chi connectivity index (χ4v) is 2.84. The zero-order chi connectivity index (χ0) is 14.5. The van der Waals surface area contributed by atoms with Gasteiger partial charge < -0.3 is 10.1 Å². The van der Waals surface area contributed by atoms with Gasteiger partial charge in [0.2, 0.25) is 0 Å². The highest BCUT2D eigenvalue weighted by atomic mass is 35.5. The number of hydrogen-bond acceptors (Lipinski definition) is 2. The van der Waals surface area contributed by atoms with Crippen molar-refractivity contribution in [1.82, 2.24) is 5.32 Å². The summed E-state index contributed by atoms with van der Waals surface area (Å²) in [5.41, 5.74) is 0. The number of amides is 1. The molecular formula is C16H22ClNO2. The van der Waals surface area contributed by atoms with Gasteiger partial charge in [0, 0.05) is 11.1 Å². The molecule has 0 unspecified atom stereocenters. The van der Waals surface area contributed by atoms with Crippen LogP contribution in [0.1, 0.15) is 33.1 Å². The van der Waals surface area contributed by atoms with E-state index >= 15 is 0 Å². The predicted molar refractivity (Wildman–Crippen MR) is 81.1 cm³/mol. The Bertz CT molecular complexity index is 446. The summed E-state index contributed by atoms with van der Waals surface area (Å²) < 4.78 is 5.46. The van der Waals surface area contributed by atoms with Crippen LogP contribution < -0.4 is 10.1 Å². The number of nitrogens with one attached hydrogen (secondary N) is 1. The van der Waals surface area contributed by atoms with Gasteiger partial charge in [-0.15, -0.1) is 0 Å². The quantitative estimate of drug-likeness (QED) is 0.920. The van der Waals surface area contributed by atoms with Gasteiger partial charge in [0.1, 0.15) is 5.75 Å². The summed E-state index contributed by atoms with van der Waals surface area (Å²) in [6, 6.07) is 7.31. The molecule has 1 aromatic rings. The zero-order valence-corrected chi connectivity index (χ0v) is 12.8. The van der Waals surface area contributed by atoms with Gasteiger partial charge in [0.15, 0.2) is 6.61 Å². The molecule has 3 nitrogen and oxygen atoms in total. The molecule has 3 atom stereocenters. The number of hydrogen-bond donors (Lipinski definition) is 1. The third-order valence-corrected chi connectivity index (χ3v) is 4.49. The monoisotopic (exact) mass is 295 g/mol. The van der Waals surface area contributed by atoms with Gasteiger partial charge in [0.05, 0.1) is 0 Å². The van der Waals surface area contributed by atoms with Crippen LogP contribution >= 0.6 is 11.6 Å². The van der Waals surface area contributed by atoms with Crippen molar-refractivity contribution in [1.29, 1.82) is 0 Å². The number of ether oxygens (including phenoxy) is 1. The minimum absolute atomic E-state index is 0.0501. The van der Waals surface area contributed by atoms with E-state index in [2.05, 4.69) is 19.2 Å². The number of carbonyl (C=O) groups excluding carboxylic acids is 1. The van der Waals surface area contributed by atoms with Crippen molar-refractivity contribution in [3.05, 3.63) is 29.3 Å². The molecule has 0 aromatic heterocycles. The number of rotatable bonds is 4. The minimum Gasteiger partial charge on any atom is -0.484 e. The normalized spacial score (nSPS) is 26.1. The van der Waals surface area contributed by atoms with Crippen LogP contribution in [-0.2, 0) is 4.79 Å². The molecule has 110 valence electrons. The van der Waals surface area contributed by atoms with E-state index in [0.29, 0.717) is 22.6 Å². The summed E-state index contributed by atoms with van der Waals surface area (Å²) in [6.45, 7) is 4.53. The van der Waals surface area contributed by atoms with Gasteiger partial charge >= 0.3 is 0 Å². The van der Waals surface area contributed by atoms with E-state index in [1.807, 2.05) is 0 Å². The van der Waals surface area contributed by atoms with E-state index in [4.69, 9.17) is 16.3 Å². The highest BCUT2D eigenvalue weighted by Gasteiger charge is 2.28. The molecule has 0 aliphatic heterocycles. The van der Waals surface area contributed by atoms with E-state index in [9.17, 15) is 4.79 Å². The molecule has 1 aromatic carbocycles. The molecule has 2 rings (SSSR count). The minimum atomic E-state index is -0.0501. The summed E-state index contributed by atoms with van der Waals surface area (Å²) in [7, 11) is 0. The maximum Gasteiger partial charge on any atom is 0.258 e. The van der Waals surface area contributed by atoms with E-state index in [1.165, 1.54) is 12.8 Å². The average Bonchev–Trinajstić information content (AvgIpc) is 2.43. The van der Waals surface area contributed by atoms with Crippen LogP contribution in [0.5, 0.6) is 5.75 Å². The second-order valence-corrected chi connectivity index (χ2v) is 6.12. The van der Waals surface area contributed by atoms with Gasteiger partial charge in [-0.25, -0.2) is 0 Å². The molecule has 1 N–H and O–H groups in total. The topological polar surface area (TPSA) is 38.3 Å². The fraction of sp³-hybridized carbons (Fsp3) is 0.562. The van der Waals surface area contributed by atoms with Gasteiger partial charge in [-0.2, -0.15) is 0 Å². The molecular weight excluding hydrogens is 274 g/mol. The first-order valence-electron chi connectivity index (χ1n) is 7.24. The van der Waals surface area contributed by atoms with Crippen LogP contribution in [0.4, 0.5) is 0 Å². The maximum absolute atomic E-state index is 11.9. The Labute approximate surface area is 125 Å². The Balaban J connectivity index is 1.79. The largest absolute Gasteiger partial charge is 0.484 e. The maximum atomic E-state index is 11.9. The zero-order valence-electron chi connectivity index (χ0n) is 12.1. The molecule has 1 saturated carbocycles. The highest BCUT2D eigenvalue weighted by molar-refractivity contribution is 6.30. The Morgan fingerprint density at radius 2 is 2.00 bits per heavy atom. The first-order valence-corrected chi connectivity index (χ1v) is 7.62. The van der Waals surface area contributed by atoms with E-state index in [-0.39, 0.29) is 18.6 Å². The van der Waals surface area contributed by atoms with Crippen molar-refractivity contribution in [2.45, 2.75) is 39.2 Å². The van der Waals surface area contributed by atoms with Crippen molar-refractivity contribution in [2.75, 3.05) is 6.61 Å². The smallest absolute Gasteiger partial charge is 0.258 e. The summed E-state index contributed by atoms with van der Waals surface area (Å²) in [4.78, 5) is 11.9. The lowest BCUT2D eigenvalue weighted by molar-refractivity contribution is -0.124. The van der Waals surface area contributed by atoms with Gasteiger partial charge in [0.25, 0.3) is 5.91 Å². The molecule has 1 amide bonds. The molecule has 0 spiro atoms. The SMILES string of the molecule is C[C@@H]1[C@H](C)CCC[C@H]1NC(=O)COc1ccc(Cl)cc1. The molecule has 0 bridgehead atoms. The Kier molecular flexibility index (Phi) is 5.30. The molecule has 0 saturated heterocycles. The predicted octanol–water partition coefficient (Wildman–Crippen LogP) is 3.66. The van der Waals surface area contributed by atoms with Crippen LogP contribution in [0.2, 0.25) is 5.02 Å². The van der Waals surface area contributed by atoms with Crippen LogP contribution in [0.3, 0.4) is 0 Å². The summed E-state index contributed by atoms with van der Waals surface area (Å²) >= 11 is 5.80. The van der Waals surface area contributed by atoms with Crippen molar-refractivity contribution < 1.29 is 9.53 Å². The van der Waals surface area contributed by atoms with Gasteiger partial charge in [-0.05, 0) is 42.5 Å². The molecule has 0 radical (unpaired) electrons. The van der Waals surface area contributed by atoms with Crippen molar-refractivity contribution in [3.8, 4) is 5.75 Å². The van der Waals surface area contributed by atoms with Crippen molar-refractivity contribution >= 4 is 17.5 Å². The lowest BCUT2D eigenvalue weighted by Gasteiger charge is -2.34. The van der Waals surface area contributed by atoms with Crippen LogP contribution in [0.15, 0.2) is 24.3 Å². The average molecular weight is 296 g/mol. The van der Waals surface area contributed by atoms with Crippen molar-refractivity contribution in [3.63, 3.8) is 0 Å². The van der Waals surface area contributed by atoms with E-state index in [1.54, 1.807) is 24.3 Å². The molecule has 1 aliphatic rings. The van der Waals surface area contributed by atoms with Crippen LogP contribution in [0.25, 0.3) is 0 Å². The lowest BCUT2D eigenvalue weighted by atomic mass is 9.78. The second kappa shape index (κ2) is 6.98. The number of carbonyl (C=O) groups is 1. The first-order chi connectivity index (χ1) is 9.56. The molecule has 4 heteroatoms. The van der Waals surface area contributed by atoms with E-state index in [0.717, 1.165) is 6.42 Å². The molecule has 1 fully saturated rings. The van der Waals surface area contributed by atoms with E-state index < -0.39 is 0 Å². The third-order valence-electron chi connectivity index (χ3n) is 4.24. The molecule has 1 aliphatic carbocycles. The number of halogens is 1. The Morgan fingerprint density at radius 1 is 1.30 bits per heavy atom. The van der Waals surface area contributed by atoms with Crippen LogP contribution in [-0.4, -0.2) is 18.6 Å². The first kappa shape index (κ1) is 15.2. The molecule has 0 heterocycles. The summed E-state index contributed by atoms with van der Waals surface area (Å²) in [5.74, 6) is 1.81. The van der Waals surface area contributed by atoms with Gasteiger partial charge in [-0.3, -0.25) is 4.79 Å². The summed E-state index contributed by atoms with van der Waals surface area (Å²) in [6.07, 6.45) is 3.52. The fourth-order valence-electron chi connectivity index (χ4n) is 2.71. The molecule has 20 heavy (non-hydrogen) atoms. The highest BCUT2D eigenvalue weighted by Crippen LogP contribution is 2.29. The lowest BCUT2D eigenvalue weighted by Crippen LogP contribution is -2.45. The third kappa shape index (κ3) is 4.14. The second-order valence-electron chi connectivity index (χ2n) is 5.68. The van der Waals surface area contributed by atoms with Gasteiger partial charge in [-0.1, -0.05) is 38.3 Å².